The Morgan fingerprint density at radius 1 is 1.26 bits per heavy atom. The molecule has 2 atom stereocenters. The van der Waals surface area contributed by atoms with Crippen molar-refractivity contribution in [3.63, 3.8) is 0 Å². The molecule has 7 nitrogen and oxygen atoms in total. The lowest BCUT2D eigenvalue weighted by Gasteiger charge is -2.32. The number of carbonyl (C=O) groups excluding carboxylic acids is 2. The number of nitrogens with zero attached hydrogens (tertiary/aromatic N) is 1. The van der Waals surface area contributed by atoms with Gasteiger partial charge in [0.15, 0.2) is 0 Å². The molecular weight excluding hydrogens is 348 g/mol. The number of aliphatic hydroxyl groups is 1. The van der Waals surface area contributed by atoms with E-state index in [1.165, 1.54) is 4.90 Å². The Bertz CT molecular complexity index is 681. The lowest BCUT2D eigenvalue weighted by molar-refractivity contribution is -0.115. The van der Waals surface area contributed by atoms with E-state index in [1.807, 2.05) is 30.3 Å². The molecular formula is C20H28N2O5. The van der Waals surface area contributed by atoms with Crippen LogP contribution in [0.25, 0.3) is 0 Å². The van der Waals surface area contributed by atoms with Gasteiger partial charge in [-0.05, 0) is 39.2 Å². The summed E-state index contributed by atoms with van der Waals surface area (Å²) < 4.78 is 11.3. The zero-order valence-corrected chi connectivity index (χ0v) is 16.1. The van der Waals surface area contributed by atoms with Crippen molar-refractivity contribution >= 4 is 12.0 Å². The summed E-state index contributed by atoms with van der Waals surface area (Å²) in [5.74, 6) is -0.762. The van der Waals surface area contributed by atoms with Gasteiger partial charge in [0, 0.05) is 0 Å². The van der Waals surface area contributed by atoms with E-state index in [0.29, 0.717) is 32.3 Å². The molecule has 1 unspecified atom stereocenters. The minimum Gasteiger partial charge on any atom is -0.515 e. The molecule has 0 saturated carbocycles. The van der Waals surface area contributed by atoms with Crippen LogP contribution in [0.3, 0.4) is 0 Å². The number of amides is 2. The van der Waals surface area contributed by atoms with Crippen LogP contribution in [0.2, 0.25) is 0 Å². The molecule has 1 aliphatic rings. The Morgan fingerprint density at radius 2 is 1.93 bits per heavy atom. The highest BCUT2D eigenvalue weighted by Crippen LogP contribution is 2.31. The molecule has 7 heteroatoms. The molecule has 2 amide bonds. The van der Waals surface area contributed by atoms with Crippen molar-refractivity contribution in [3.8, 4) is 0 Å². The zero-order chi connectivity index (χ0) is 20.0. The van der Waals surface area contributed by atoms with E-state index in [4.69, 9.17) is 15.2 Å². The fraction of sp³-hybridized carbons (Fsp3) is 0.500. The second-order valence-electron chi connectivity index (χ2n) is 7.58. The van der Waals surface area contributed by atoms with Crippen LogP contribution in [0.4, 0.5) is 4.79 Å². The second-order valence-corrected chi connectivity index (χ2v) is 7.58. The van der Waals surface area contributed by atoms with Crippen molar-refractivity contribution in [2.45, 2.75) is 57.9 Å². The van der Waals surface area contributed by atoms with E-state index in [0.717, 1.165) is 5.56 Å². The van der Waals surface area contributed by atoms with Crippen molar-refractivity contribution < 1.29 is 24.2 Å². The summed E-state index contributed by atoms with van der Waals surface area (Å²) in [5, 5.41) is 9.43. The average molecular weight is 376 g/mol. The first-order valence-electron chi connectivity index (χ1n) is 9.00. The molecule has 1 heterocycles. The Labute approximate surface area is 159 Å². The normalized spacial score (nSPS) is 20.6. The van der Waals surface area contributed by atoms with Crippen LogP contribution in [-0.2, 0) is 20.9 Å². The van der Waals surface area contributed by atoms with E-state index < -0.39 is 23.6 Å². The number of primary amides is 1. The monoisotopic (exact) mass is 376 g/mol. The lowest BCUT2D eigenvalue weighted by Crippen LogP contribution is -2.47. The van der Waals surface area contributed by atoms with Gasteiger partial charge in [-0.2, -0.15) is 0 Å². The highest BCUT2D eigenvalue weighted by atomic mass is 16.6. The Morgan fingerprint density at radius 3 is 2.48 bits per heavy atom. The Kier molecular flexibility index (Phi) is 6.85. The van der Waals surface area contributed by atoms with Crippen LogP contribution in [0.5, 0.6) is 0 Å². The van der Waals surface area contributed by atoms with Crippen LogP contribution in [0.1, 0.15) is 39.2 Å². The number of hydrogen-bond acceptors (Lipinski definition) is 5. The van der Waals surface area contributed by atoms with Crippen molar-refractivity contribution in [1.82, 2.24) is 4.90 Å². The lowest BCUT2D eigenvalue weighted by atomic mass is 10.1. The Balaban J connectivity index is 2.11. The van der Waals surface area contributed by atoms with Crippen molar-refractivity contribution in [2.75, 3.05) is 6.61 Å². The summed E-state index contributed by atoms with van der Waals surface area (Å²) in [6.45, 7) is 6.03. The first kappa shape index (κ1) is 20.8. The van der Waals surface area contributed by atoms with Crippen LogP contribution < -0.4 is 5.73 Å². The molecule has 1 aliphatic heterocycles. The van der Waals surface area contributed by atoms with Crippen molar-refractivity contribution in [2.24, 2.45) is 5.73 Å². The number of benzene rings is 1. The molecule has 148 valence electrons. The first-order chi connectivity index (χ1) is 12.7. The number of nitrogens with two attached hydrogens (primary N) is 1. The van der Waals surface area contributed by atoms with Crippen LogP contribution >= 0.6 is 0 Å². The maximum absolute atomic E-state index is 12.7. The van der Waals surface area contributed by atoms with Gasteiger partial charge in [0.1, 0.15) is 5.60 Å². The molecule has 2 rings (SSSR count). The third kappa shape index (κ3) is 5.72. The number of aliphatic hydroxyl groups excluding tert-OH is 1. The predicted molar refractivity (Wildman–Crippen MR) is 101 cm³/mol. The van der Waals surface area contributed by atoms with Crippen LogP contribution in [0, 0.1) is 0 Å². The summed E-state index contributed by atoms with van der Waals surface area (Å²) in [6, 6.07) is 8.81. The smallest absolute Gasteiger partial charge is 0.411 e. The number of hydrogen-bond donors (Lipinski definition) is 2. The summed E-state index contributed by atoms with van der Waals surface area (Å²) in [7, 11) is 0. The minimum absolute atomic E-state index is 0.00795. The fourth-order valence-electron chi connectivity index (χ4n) is 3.14. The molecule has 1 aromatic carbocycles. The van der Waals surface area contributed by atoms with Crippen molar-refractivity contribution in [3.05, 3.63) is 47.7 Å². The van der Waals surface area contributed by atoms with E-state index >= 15 is 0 Å². The second kappa shape index (κ2) is 8.90. The molecule has 1 fully saturated rings. The molecule has 0 spiro atoms. The third-order valence-corrected chi connectivity index (χ3v) is 4.31. The molecule has 0 radical (unpaired) electrons. The van der Waals surface area contributed by atoms with Gasteiger partial charge in [0.05, 0.1) is 37.1 Å². The quantitative estimate of drug-likeness (QED) is 0.587. The fourth-order valence-corrected chi connectivity index (χ4v) is 3.14. The van der Waals surface area contributed by atoms with Crippen LogP contribution in [0.15, 0.2) is 42.2 Å². The molecule has 0 aromatic heterocycles. The van der Waals surface area contributed by atoms with E-state index in [9.17, 15) is 14.7 Å². The van der Waals surface area contributed by atoms with Gasteiger partial charge >= 0.3 is 6.09 Å². The maximum Gasteiger partial charge on any atom is 0.411 e. The SMILES string of the molecule is CC(C)(C)OC(=O)N1C(/C(=C/O)C(N)=O)CC[C@H]1COCc1ccccc1. The highest BCUT2D eigenvalue weighted by molar-refractivity contribution is 5.93. The molecule has 1 saturated heterocycles. The van der Waals surface area contributed by atoms with Gasteiger partial charge in [-0.1, -0.05) is 30.3 Å². The number of ether oxygens (including phenoxy) is 2. The Hall–Kier alpha value is -2.54. The molecule has 27 heavy (non-hydrogen) atoms. The summed E-state index contributed by atoms with van der Waals surface area (Å²) in [4.78, 5) is 25.9. The number of likely N-dealkylation sites (tertiary alicyclic amines) is 1. The molecule has 1 aromatic rings. The maximum atomic E-state index is 12.7. The minimum atomic E-state index is -0.762. The van der Waals surface area contributed by atoms with Gasteiger partial charge < -0.3 is 20.3 Å². The molecule has 0 bridgehead atoms. The van der Waals surface area contributed by atoms with E-state index in [-0.39, 0.29) is 11.6 Å². The number of carbonyl (C=O) groups is 2. The summed E-state index contributed by atoms with van der Waals surface area (Å²) >= 11 is 0. The first-order valence-corrected chi connectivity index (χ1v) is 9.00. The van der Waals surface area contributed by atoms with Crippen molar-refractivity contribution in [1.29, 1.82) is 0 Å². The number of rotatable bonds is 6. The molecule has 0 aliphatic carbocycles. The van der Waals surface area contributed by atoms with E-state index in [2.05, 4.69) is 0 Å². The third-order valence-electron chi connectivity index (χ3n) is 4.31. The largest absolute Gasteiger partial charge is 0.515 e. The highest BCUT2D eigenvalue weighted by Gasteiger charge is 2.42. The average Bonchev–Trinajstić information content (AvgIpc) is 2.98. The van der Waals surface area contributed by atoms with Gasteiger partial charge in [0.25, 0.3) is 0 Å². The zero-order valence-electron chi connectivity index (χ0n) is 16.1. The van der Waals surface area contributed by atoms with Gasteiger partial charge in [0.2, 0.25) is 5.91 Å². The van der Waals surface area contributed by atoms with Gasteiger partial charge in [-0.15, -0.1) is 0 Å². The van der Waals surface area contributed by atoms with Gasteiger partial charge in [-0.3, -0.25) is 9.69 Å². The van der Waals surface area contributed by atoms with Crippen LogP contribution in [-0.4, -0.2) is 46.3 Å². The predicted octanol–water partition coefficient (Wildman–Crippen LogP) is 2.90. The topological polar surface area (TPSA) is 102 Å². The summed E-state index contributed by atoms with van der Waals surface area (Å²) in [6.07, 6.45) is 1.23. The van der Waals surface area contributed by atoms with E-state index in [1.54, 1.807) is 20.8 Å². The standard InChI is InChI=1S/C20H28N2O5/c1-20(2,3)27-19(25)22-15(9-10-17(22)16(11-23)18(21)24)13-26-12-14-7-5-4-6-8-14/h4-8,11,15,17,23H,9-10,12-13H2,1-3H3,(H2,21,24)/b16-11-/t15-,17?/m0/s1. The molecule has 3 N–H and O–H groups in total. The van der Waals surface area contributed by atoms with Gasteiger partial charge in [-0.25, -0.2) is 4.79 Å². The summed E-state index contributed by atoms with van der Waals surface area (Å²) in [5.41, 5.74) is 5.70.